The largest absolute Gasteiger partial charge is 0.379 e. The van der Waals surface area contributed by atoms with E-state index in [0.717, 1.165) is 0 Å². The van der Waals surface area contributed by atoms with E-state index in [1.165, 1.54) is 17.5 Å². The van der Waals surface area contributed by atoms with Crippen molar-refractivity contribution in [1.29, 1.82) is 0 Å². The summed E-state index contributed by atoms with van der Waals surface area (Å²) in [6, 6.07) is 0. The molecule has 0 atom stereocenters. The second-order valence-electron chi connectivity index (χ2n) is 3.35. The fraction of sp³-hybridized carbons (Fsp3) is 0.200. The summed E-state index contributed by atoms with van der Waals surface area (Å²) in [5, 5.41) is 5.04. The van der Waals surface area contributed by atoms with Crippen LogP contribution < -0.4 is 5.32 Å². The van der Waals surface area contributed by atoms with Gasteiger partial charge < -0.3 is 5.32 Å². The third kappa shape index (κ3) is 3.03. The number of halogens is 4. The number of hydrogen-bond donors (Lipinski definition) is 1. The minimum Gasteiger partial charge on any atom is -0.379 e. The fourth-order valence-electron chi connectivity index (χ4n) is 1.32. The van der Waals surface area contributed by atoms with E-state index >= 15 is 0 Å². The highest BCUT2D eigenvalue weighted by atomic mass is 35.5. The maximum atomic E-state index is 12.7. The Morgan fingerprint density at radius 2 is 2.06 bits per heavy atom. The predicted octanol–water partition coefficient (Wildman–Crippen LogP) is 4.58. The molecule has 2 rings (SSSR count). The summed E-state index contributed by atoms with van der Waals surface area (Å²) in [6.45, 7) is -0.226. The maximum absolute atomic E-state index is 12.7. The molecule has 0 bridgehead atoms. The van der Waals surface area contributed by atoms with Crippen molar-refractivity contribution < 1.29 is 4.39 Å². The van der Waals surface area contributed by atoms with Gasteiger partial charge in [0.1, 0.15) is 16.2 Å². The van der Waals surface area contributed by atoms with Crippen LogP contribution in [0.1, 0.15) is 11.1 Å². The van der Waals surface area contributed by atoms with E-state index in [1.54, 1.807) is 5.38 Å². The van der Waals surface area contributed by atoms with Gasteiger partial charge in [0.15, 0.2) is 0 Å². The third-order valence-electron chi connectivity index (χ3n) is 2.20. The lowest BCUT2D eigenvalue weighted by Crippen LogP contribution is -2.03. The number of nitrogens with one attached hydrogen (secondary N) is 1. The van der Waals surface area contributed by atoms with E-state index in [1.807, 2.05) is 0 Å². The van der Waals surface area contributed by atoms with Crippen LogP contribution in [0.3, 0.4) is 0 Å². The van der Waals surface area contributed by atoms with Gasteiger partial charge in [0, 0.05) is 29.2 Å². The molecule has 0 aliphatic carbocycles. The molecule has 0 fully saturated rings. The van der Waals surface area contributed by atoms with Gasteiger partial charge in [-0.05, 0) is 11.6 Å². The Kier molecular flexibility index (Phi) is 4.61. The molecule has 2 aromatic rings. The molecule has 0 aliphatic heterocycles. The van der Waals surface area contributed by atoms with Crippen molar-refractivity contribution in [1.82, 2.24) is 9.97 Å². The summed E-state index contributed by atoms with van der Waals surface area (Å²) < 4.78 is 13.2. The van der Waals surface area contributed by atoms with Crippen molar-refractivity contribution in [2.24, 2.45) is 0 Å². The number of aromatic nitrogens is 2. The average molecular weight is 327 g/mol. The number of rotatable bonds is 4. The molecular weight excluding hydrogens is 320 g/mol. The first-order valence-electron chi connectivity index (χ1n) is 4.84. The first-order valence-corrected chi connectivity index (χ1v) is 6.85. The Bertz CT molecular complexity index is 561. The maximum Gasteiger partial charge on any atom is 0.223 e. The molecule has 0 radical (unpaired) electrons. The molecule has 0 aliphatic rings. The highest BCUT2D eigenvalue weighted by molar-refractivity contribution is 7.15. The summed E-state index contributed by atoms with van der Waals surface area (Å²) >= 11 is 18.7. The Morgan fingerprint density at radius 3 is 2.72 bits per heavy atom. The summed E-state index contributed by atoms with van der Waals surface area (Å²) in [5.41, 5.74) is 1.76. The minimum atomic E-state index is -0.573. The van der Waals surface area contributed by atoms with Crippen LogP contribution in [0.15, 0.2) is 11.6 Å². The van der Waals surface area contributed by atoms with Crippen molar-refractivity contribution in [3.05, 3.63) is 37.5 Å². The van der Waals surface area contributed by atoms with E-state index in [4.69, 9.17) is 34.8 Å². The monoisotopic (exact) mass is 325 g/mol. The quantitative estimate of drug-likeness (QED) is 0.660. The van der Waals surface area contributed by atoms with Gasteiger partial charge in [0.2, 0.25) is 5.28 Å². The summed E-state index contributed by atoms with van der Waals surface area (Å²) in [6.07, 6.45) is 1.51. The van der Waals surface area contributed by atoms with Gasteiger partial charge in [-0.25, -0.2) is 14.4 Å². The number of thiophene rings is 1. The first-order chi connectivity index (χ1) is 8.61. The van der Waals surface area contributed by atoms with Gasteiger partial charge in [0.25, 0.3) is 0 Å². The molecule has 0 saturated carbocycles. The van der Waals surface area contributed by atoms with Crippen molar-refractivity contribution in [3.63, 3.8) is 0 Å². The lowest BCUT2D eigenvalue weighted by atomic mass is 10.3. The van der Waals surface area contributed by atoms with Crippen LogP contribution in [0, 0.1) is 0 Å². The topological polar surface area (TPSA) is 37.8 Å². The zero-order valence-electron chi connectivity index (χ0n) is 8.88. The van der Waals surface area contributed by atoms with Crippen molar-refractivity contribution in [2.45, 2.75) is 13.2 Å². The van der Waals surface area contributed by atoms with Crippen LogP contribution in [0.25, 0.3) is 0 Å². The number of hydrogen-bond acceptors (Lipinski definition) is 4. The van der Waals surface area contributed by atoms with E-state index < -0.39 is 6.67 Å². The zero-order chi connectivity index (χ0) is 13.1. The number of nitrogens with zero attached hydrogens (tertiary/aromatic N) is 2. The first kappa shape index (κ1) is 13.8. The van der Waals surface area contributed by atoms with Crippen molar-refractivity contribution in [3.8, 4) is 0 Å². The normalized spacial score (nSPS) is 10.7. The minimum absolute atomic E-state index is 0.0850. The van der Waals surface area contributed by atoms with Crippen LogP contribution in [-0.2, 0) is 13.2 Å². The lowest BCUT2D eigenvalue weighted by molar-refractivity contribution is 0.487. The van der Waals surface area contributed by atoms with E-state index in [2.05, 4.69) is 15.3 Å². The summed E-state index contributed by atoms with van der Waals surface area (Å²) in [5.74, 6) is 0. The molecule has 2 aromatic heterocycles. The summed E-state index contributed by atoms with van der Waals surface area (Å²) in [7, 11) is 0. The third-order valence-corrected chi connectivity index (χ3v) is 3.98. The highest BCUT2D eigenvalue weighted by Crippen LogP contribution is 2.34. The van der Waals surface area contributed by atoms with Gasteiger partial charge in [-0.2, -0.15) is 0 Å². The molecule has 18 heavy (non-hydrogen) atoms. The molecule has 8 heteroatoms. The van der Waals surface area contributed by atoms with Gasteiger partial charge in [-0.3, -0.25) is 0 Å². The van der Waals surface area contributed by atoms with Crippen LogP contribution in [0.2, 0.25) is 14.8 Å². The molecule has 0 aromatic carbocycles. The van der Waals surface area contributed by atoms with Crippen molar-refractivity contribution in [2.75, 3.05) is 5.32 Å². The van der Waals surface area contributed by atoms with Crippen LogP contribution in [0.5, 0.6) is 0 Å². The molecule has 2 heterocycles. The molecule has 3 nitrogen and oxygen atoms in total. The Labute approximate surface area is 122 Å². The van der Waals surface area contributed by atoms with E-state index in [-0.39, 0.29) is 10.4 Å². The Morgan fingerprint density at radius 1 is 1.28 bits per heavy atom. The molecule has 0 unspecified atom stereocenters. The van der Waals surface area contributed by atoms with Gasteiger partial charge in [-0.1, -0.05) is 23.2 Å². The van der Waals surface area contributed by atoms with E-state index in [9.17, 15) is 4.39 Å². The van der Waals surface area contributed by atoms with Crippen LogP contribution >= 0.6 is 46.1 Å². The van der Waals surface area contributed by atoms with Crippen LogP contribution in [0.4, 0.5) is 10.1 Å². The van der Waals surface area contributed by atoms with E-state index in [0.29, 0.717) is 27.7 Å². The molecule has 1 N–H and O–H groups in total. The van der Waals surface area contributed by atoms with Crippen molar-refractivity contribution >= 4 is 51.8 Å². The van der Waals surface area contributed by atoms with Gasteiger partial charge in [0.05, 0.1) is 5.69 Å². The SMILES string of the molecule is FCc1csc(Cl)c1NCc1cnc(Cl)nc1Cl. The second kappa shape index (κ2) is 6.02. The number of alkyl halides is 1. The highest BCUT2D eigenvalue weighted by Gasteiger charge is 2.11. The van der Waals surface area contributed by atoms with Gasteiger partial charge in [-0.15, -0.1) is 11.3 Å². The Balaban J connectivity index is 2.13. The Hall–Kier alpha value is -0.620. The molecule has 96 valence electrons. The molecule has 0 amide bonds. The second-order valence-corrected chi connectivity index (χ2v) is 5.53. The number of anilines is 1. The standard InChI is InChI=1S/C10H7Cl3FN3S/c11-8-6(3-16-10(13)17-8)2-15-7-5(1-14)4-18-9(7)12/h3-4,15H,1-2H2. The smallest absolute Gasteiger partial charge is 0.223 e. The molecule has 0 spiro atoms. The summed E-state index contributed by atoms with van der Waals surface area (Å²) in [4.78, 5) is 7.64. The molecular formula is C10H7Cl3FN3S. The zero-order valence-corrected chi connectivity index (χ0v) is 12.0. The average Bonchev–Trinajstić information content (AvgIpc) is 2.69. The van der Waals surface area contributed by atoms with Gasteiger partial charge >= 0.3 is 0 Å². The lowest BCUT2D eigenvalue weighted by Gasteiger charge is -2.08. The fourth-order valence-corrected chi connectivity index (χ4v) is 2.76. The van der Waals surface area contributed by atoms with Crippen LogP contribution in [-0.4, -0.2) is 9.97 Å². The predicted molar refractivity (Wildman–Crippen MR) is 73.5 cm³/mol. The molecule has 0 saturated heterocycles.